The standard InChI is InChI=1S/C15H23ClN2O2/c1-18-5-3-4-11(10-18)8-17-9-12-6-13(16)7-14(20-2)15(12)19/h6-7,11,17,19H,3-5,8-10H2,1-2H3. The zero-order valence-corrected chi connectivity index (χ0v) is 12.9. The normalized spacial score (nSPS) is 20.1. The molecule has 1 heterocycles. The van der Waals surface area contributed by atoms with Gasteiger partial charge in [0.25, 0.3) is 0 Å². The van der Waals surface area contributed by atoms with Crippen molar-refractivity contribution in [1.29, 1.82) is 0 Å². The van der Waals surface area contributed by atoms with Crippen molar-refractivity contribution in [2.45, 2.75) is 19.4 Å². The van der Waals surface area contributed by atoms with Crippen molar-refractivity contribution < 1.29 is 9.84 Å². The largest absolute Gasteiger partial charge is 0.504 e. The van der Waals surface area contributed by atoms with Crippen molar-refractivity contribution in [3.8, 4) is 11.5 Å². The fraction of sp³-hybridized carbons (Fsp3) is 0.600. The van der Waals surface area contributed by atoms with Crippen LogP contribution in [0.25, 0.3) is 0 Å². The van der Waals surface area contributed by atoms with E-state index in [1.54, 1.807) is 12.1 Å². The molecule has 0 amide bonds. The number of phenolic OH excluding ortho intramolecular Hbond substituents is 1. The molecule has 1 saturated heterocycles. The van der Waals surface area contributed by atoms with Gasteiger partial charge in [0, 0.05) is 29.7 Å². The van der Waals surface area contributed by atoms with E-state index in [1.165, 1.54) is 26.5 Å². The third-order valence-electron chi connectivity index (χ3n) is 3.81. The highest BCUT2D eigenvalue weighted by atomic mass is 35.5. The van der Waals surface area contributed by atoms with E-state index in [-0.39, 0.29) is 5.75 Å². The zero-order chi connectivity index (χ0) is 14.5. The third-order valence-corrected chi connectivity index (χ3v) is 4.03. The van der Waals surface area contributed by atoms with Crippen molar-refractivity contribution >= 4 is 11.6 Å². The molecule has 4 nitrogen and oxygen atoms in total. The van der Waals surface area contributed by atoms with Crippen LogP contribution < -0.4 is 10.1 Å². The summed E-state index contributed by atoms with van der Waals surface area (Å²) in [6, 6.07) is 3.40. The van der Waals surface area contributed by atoms with E-state index in [2.05, 4.69) is 17.3 Å². The minimum Gasteiger partial charge on any atom is -0.504 e. The summed E-state index contributed by atoms with van der Waals surface area (Å²) >= 11 is 6.02. The molecule has 5 heteroatoms. The SMILES string of the molecule is COc1cc(Cl)cc(CNCC2CCCN(C)C2)c1O. The maximum Gasteiger partial charge on any atom is 0.162 e. The Kier molecular flexibility index (Phi) is 5.52. The molecule has 2 rings (SSSR count). The van der Waals surface area contributed by atoms with Crippen LogP contribution in [0.1, 0.15) is 18.4 Å². The summed E-state index contributed by atoms with van der Waals surface area (Å²) in [6.45, 7) is 3.89. The quantitative estimate of drug-likeness (QED) is 0.877. The van der Waals surface area contributed by atoms with Crippen LogP contribution in [0, 0.1) is 5.92 Å². The summed E-state index contributed by atoms with van der Waals surface area (Å²) in [5, 5.41) is 14.0. The van der Waals surface area contributed by atoms with Crippen molar-refractivity contribution in [2.24, 2.45) is 5.92 Å². The first-order valence-electron chi connectivity index (χ1n) is 7.04. The number of likely N-dealkylation sites (tertiary alicyclic amines) is 1. The number of nitrogens with one attached hydrogen (secondary N) is 1. The van der Waals surface area contributed by atoms with Crippen LogP contribution in [0.5, 0.6) is 11.5 Å². The highest BCUT2D eigenvalue weighted by Gasteiger charge is 2.17. The number of piperidine rings is 1. The summed E-state index contributed by atoms with van der Waals surface area (Å²) in [7, 11) is 3.69. The van der Waals surface area contributed by atoms with Crippen LogP contribution in [-0.4, -0.2) is 43.8 Å². The highest BCUT2D eigenvalue weighted by molar-refractivity contribution is 6.30. The number of rotatable bonds is 5. The van der Waals surface area contributed by atoms with E-state index in [0.717, 1.165) is 18.7 Å². The van der Waals surface area contributed by atoms with Gasteiger partial charge in [-0.1, -0.05) is 11.6 Å². The average molecular weight is 299 g/mol. The molecule has 1 aromatic rings. The molecule has 0 radical (unpaired) electrons. The summed E-state index contributed by atoms with van der Waals surface area (Å²) in [4.78, 5) is 2.37. The zero-order valence-electron chi connectivity index (χ0n) is 12.2. The van der Waals surface area contributed by atoms with Gasteiger partial charge in [-0.15, -0.1) is 0 Å². The number of halogens is 1. The lowest BCUT2D eigenvalue weighted by Gasteiger charge is -2.29. The van der Waals surface area contributed by atoms with E-state index in [9.17, 15) is 5.11 Å². The topological polar surface area (TPSA) is 44.7 Å². The lowest BCUT2D eigenvalue weighted by molar-refractivity contribution is 0.206. The van der Waals surface area contributed by atoms with E-state index in [4.69, 9.17) is 16.3 Å². The Bertz CT molecular complexity index is 454. The lowest BCUT2D eigenvalue weighted by atomic mass is 9.98. The van der Waals surface area contributed by atoms with Crippen LogP contribution in [-0.2, 0) is 6.54 Å². The number of hydrogen-bond acceptors (Lipinski definition) is 4. The molecular formula is C15H23ClN2O2. The maximum absolute atomic E-state index is 10.1. The van der Waals surface area contributed by atoms with Gasteiger partial charge in [0.05, 0.1) is 7.11 Å². The number of methoxy groups -OCH3 is 1. The molecule has 0 saturated carbocycles. The molecule has 1 aliphatic heterocycles. The second kappa shape index (κ2) is 7.16. The Morgan fingerprint density at radius 2 is 2.30 bits per heavy atom. The molecular weight excluding hydrogens is 276 g/mol. The monoisotopic (exact) mass is 298 g/mol. The smallest absolute Gasteiger partial charge is 0.162 e. The average Bonchev–Trinajstić information content (AvgIpc) is 2.42. The van der Waals surface area contributed by atoms with Gasteiger partial charge in [-0.3, -0.25) is 0 Å². The number of aromatic hydroxyl groups is 1. The Balaban J connectivity index is 1.89. The second-order valence-corrected chi connectivity index (χ2v) is 5.95. The van der Waals surface area contributed by atoms with Crippen LogP contribution in [0.15, 0.2) is 12.1 Å². The van der Waals surface area contributed by atoms with E-state index >= 15 is 0 Å². The van der Waals surface area contributed by atoms with Crippen LogP contribution in [0.3, 0.4) is 0 Å². The van der Waals surface area contributed by atoms with Gasteiger partial charge >= 0.3 is 0 Å². The fourth-order valence-electron chi connectivity index (χ4n) is 2.77. The lowest BCUT2D eigenvalue weighted by Crippen LogP contribution is -2.37. The van der Waals surface area contributed by atoms with Crippen LogP contribution in [0.2, 0.25) is 5.02 Å². The summed E-state index contributed by atoms with van der Waals surface area (Å²) in [5.41, 5.74) is 0.776. The minimum absolute atomic E-state index is 0.171. The van der Waals surface area contributed by atoms with Gasteiger partial charge in [-0.05, 0) is 45.0 Å². The number of phenols is 1. The second-order valence-electron chi connectivity index (χ2n) is 5.52. The Hall–Kier alpha value is -0.970. The molecule has 1 unspecified atom stereocenters. The van der Waals surface area contributed by atoms with Crippen LogP contribution in [0.4, 0.5) is 0 Å². The summed E-state index contributed by atoms with van der Waals surface area (Å²) in [5.74, 6) is 1.27. The molecule has 1 atom stereocenters. The van der Waals surface area contributed by atoms with Gasteiger partial charge in [-0.25, -0.2) is 0 Å². The van der Waals surface area contributed by atoms with Gasteiger partial charge in [0.15, 0.2) is 11.5 Å². The molecule has 2 N–H and O–H groups in total. The number of benzene rings is 1. The van der Waals surface area contributed by atoms with Crippen molar-refractivity contribution in [3.05, 3.63) is 22.7 Å². The predicted octanol–water partition coefficient (Wildman–Crippen LogP) is 2.49. The molecule has 0 bridgehead atoms. The van der Waals surface area contributed by atoms with Gasteiger partial charge in [0.2, 0.25) is 0 Å². The molecule has 1 fully saturated rings. The van der Waals surface area contributed by atoms with E-state index in [1.807, 2.05) is 0 Å². The van der Waals surface area contributed by atoms with Crippen LogP contribution >= 0.6 is 11.6 Å². The molecule has 0 aromatic heterocycles. The minimum atomic E-state index is 0.171. The summed E-state index contributed by atoms with van der Waals surface area (Å²) < 4.78 is 5.11. The first-order valence-corrected chi connectivity index (χ1v) is 7.42. The molecule has 0 aliphatic carbocycles. The van der Waals surface area contributed by atoms with E-state index < -0.39 is 0 Å². The molecule has 112 valence electrons. The highest BCUT2D eigenvalue weighted by Crippen LogP contribution is 2.33. The molecule has 1 aromatic carbocycles. The molecule has 0 spiro atoms. The molecule has 1 aliphatic rings. The van der Waals surface area contributed by atoms with Crippen molar-refractivity contribution in [2.75, 3.05) is 33.8 Å². The maximum atomic E-state index is 10.1. The number of ether oxygens (including phenoxy) is 1. The van der Waals surface area contributed by atoms with Gasteiger partial charge in [-0.2, -0.15) is 0 Å². The summed E-state index contributed by atoms with van der Waals surface area (Å²) in [6.07, 6.45) is 2.53. The van der Waals surface area contributed by atoms with Gasteiger partial charge in [0.1, 0.15) is 0 Å². The Morgan fingerprint density at radius 3 is 3.00 bits per heavy atom. The number of hydrogen-bond donors (Lipinski definition) is 2. The Morgan fingerprint density at radius 1 is 1.50 bits per heavy atom. The van der Waals surface area contributed by atoms with Gasteiger partial charge < -0.3 is 20.1 Å². The Labute approximate surface area is 125 Å². The van der Waals surface area contributed by atoms with Crippen molar-refractivity contribution in [3.63, 3.8) is 0 Å². The third kappa shape index (κ3) is 4.01. The first kappa shape index (κ1) is 15.4. The first-order chi connectivity index (χ1) is 9.60. The fourth-order valence-corrected chi connectivity index (χ4v) is 3.00. The van der Waals surface area contributed by atoms with Crippen molar-refractivity contribution in [1.82, 2.24) is 10.2 Å². The molecule has 20 heavy (non-hydrogen) atoms. The van der Waals surface area contributed by atoms with E-state index in [0.29, 0.717) is 23.2 Å². The predicted molar refractivity (Wildman–Crippen MR) is 81.6 cm³/mol. The number of nitrogens with zero attached hydrogens (tertiary/aromatic N) is 1.